The summed E-state index contributed by atoms with van der Waals surface area (Å²) in [5.41, 5.74) is 3.09. The topological polar surface area (TPSA) is 62.4 Å². The predicted molar refractivity (Wildman–Crippen MR) is 124 cm³/mol. The van der Waals surface area contributed by atoms with Gasteiger partial charge in [0.25, 0.3) is 11.5 Å². The SMILES string of the molecule is COc1ccc(N(Cc2cc3cc(C)ccc3[nH]c2=O)C(=O)c2ccccc2Cl)cc1. The van der Waals surface area contributed by atoms with Crippen molar-refractivity contribution in [2.45, 2.75) is 13.5 Å². The Kier molecular flexibility index (Phi) is 5.78. The van der Waals surface area contributed by atoms with Crippen LogP contribution in [0.3, 0.4) is 0 Å². The number of rotatable bonds is 5. The van der Waals surface area contributed by atoms with Gasteiger partial charge in [-0.25, -0.2) is 0 Å². The Morgan fingerprint density at radius 2 is 1.77 bits per heavy atom. The minimum atomic E-state index is -0.292. The van der Waals surface area contributed by atoms with Crippen LogP contribution in [0.25, 0.3) is 10.9 Å². The molecular weight excluding hydrogens is 412 g/mol. The molecule has 0 aliphatic rings. The van der Waals surface area contributed by atoms with E-state index in [1.54, 1.807) is 60.5 Å². The van der Waals surface area contributed by atoms with Crippen molar-refractivity contribution in [3.05, 3.63) is 105 Å². The minimum Gasteiger partial charge on any atom is -0.497 e. The zero-order valence-electron chi connectivity index (χ0n) is 17.2. The molecule has 0 saturated heterocycles. The molecule has 156 valence electrons. The van der Waals surface area contributed by atoms with E-state index >= 15 is 0 Å². The number of hydrogen-bond acceptors (Lipinski definition) is 3. The fourth-order valence-electron chi connectivity index (χ4n) is 3.48. The van der Waals surface area contributed by atoms with Crippen molar-refractivity contribution in [3.8, 4) is 5.75 Å². The number of methoxy groups -OCH3 is 1. The molecule has 0 saturated carbocycles. The first-order valence-corrected chi connectivity index (χ1v) is 10.2. The molecule has 31 heavy (non-hydrogen) atoms. The molecular formula is C25H21ClN2O3. The van der Waals surface area contributed by atoms with Gasteiger partial charge in [0.1, 0.15) is 5.75 Å². The Hall–Kier alpha value is -3.57. The molecule has 4 aromatic rings. The van der Waals surface area contributed by atoms with Crippen LogP contribution in [0.15, 0.2) is 77.6 Å². The van der Waals surface area contributed by atoms with Gasteiger partial charge in [0, 0.05) is 16.8 Å². The highest BCUT2D eigenvalue weighted by atomic mass is 35.5. The summed E-state index contributed by atoms with van der Waals surface area (Å²) in [4.78, 5) is 30.7. The number of ether oxygens (including phenoxy) is 1. The lowest BCUT2D eigenvalue weighted by Crippen LogP contribution is -2.33. The Morgan fingerprint density at radius 1 is 1.03 bits per heavy atom. The van der Waals surface area contributed by atoms with Gasteiger partial charge in [-0.15, -0.1) is 0 Å². The van der Waals surface area contributed by atoms with Crippen molar-refractivity contribution in [2.24, 2.45) is 0 Å². The van der Waals surface area contributed by atoms with Crippen LogP contribution in [0.1, 0.15) is 21.5 Å². The van der Waals surface area contributed by atoms with Gasteiger partial charge >= 0.3 is 0 Å². The first kappa shape index (κ1) is 20.7. The number of benzene rings is 3. The maximum atomic E-state index is 13.5. The highest BCUT2D eigenvalue weighted by Crippen LogP contribution is 2.26. The minimum absolute atomic E-state index is 0.0929. The number of aromatic nitrogens is 1. The smallest absolute Gasteiger partial charge is 0.260 e. The second-order valence-electron chi connectivity index (χ2n) is 7.28. The van der Waals surface area contributed by atoms with Gasteiger partial charge in [0.15, 0.2) is 0 Å². The number of nitrogens with zero attached hydrogens (tertiary/aromatic N) is 1. The van der Waals surface area contributed by atoms with E-state index in [0.717, 1.165) is 16.5 Å². The Balaban J connectivity index is 1.80. The molecule has 5 nitrogen and oxygen atoms in total. The molecule has 0 spiro atoms. The first-order chi connectivity index (χ1) is 15.0. The molecule has 1 N–H and O–H groups in total. The Bertz CT molecular complexity index is 1310. The van der Waals surface area contributed by atoms with Crippen molar-refractivity contribution in [3.63, 3.8) is 0 Å². The second-order valence-corrected chi connectivity index (χ2v) is 7.69. The molecule has 0 fully saturated rings. The second kappa shape index (κ2) is 8.66. The summed E-state index contributed by atoms with van der Waals surface area (Å²) in [5, 5.41) is 1.27. The summed E-state index contributed by atoms with van der Waals surface area (Å²) in [7, 11) is 1.58. The van der Waals surface area contributed by atoms with E-state index in [2.05, 4.69) is 4.98 Å². The summed E-state index contributed by atoms with van der Waals surface area (Å²) in [6, 6.07) is 21.7. The van der Waals surface area contributed by atoms with Crippen LogP contribution in [0.4, 0.5) is 5.69 Å². The summed E-state index contributed by atoms with van der Waals surface area (Å²) in [5.74, 6) is 0.382. The molecule has 3 aromatic carbocycles. The summed E-state index contributed by atoms with van der Waals surface area (Å²) in [6.45, 7) is 2.09. The lowest BCUT2D eigenvalue weighted by molar-refractivity contribution is 0.0985. The molecule has 6 heteroatoms. The largest absolute Gasteiger partial charge is 0.497 e. The van der Waals surface area contributed by atoms with Crippen molar-refractivity contribution < 1.29 is 9.53 Å². The Labute approximate surface area is 184 Å². The maximum Gasteiger partial charge on any atom is 0.260 e. The quantitative estimate of drug-likeness (QED) is 0.462. The molecule has 0 aliphatic heterocycles. The van der Waals surface area contributed by atoms with Crippen LogP contribution in [0.2, 0.25) is 5.02 Å². The van der Waals surface area contributed by atoms with Crippen molar-refractivity contribution >= 4 is 34.1 Å². The molecule has 0 atom stereocenters. The normalized spacial score (nSPS) is 10.8. The monoisotopic (exact) mass is 432 g/mol. The van der Waals surface area contributed by atoms with Gasteiger partial charge in [-0.2, -0.15) is 0 Å². The number of anilines is 1. The third-order valence-corrected chi connectivity index (χ3v) is 5.47. The van der Waals surface area contributed by atoms with E-state index in [1.165, 1.54) is 0 Å². The van der Waals surface area contributed by atoms with Gasteiger partial charge in [-0.05, 0) is 66.9 Å². The fourth-order valence-corrected chi connectivity index (χ4v) is 3.70. The van der Waals surface area contributed by atoms with E-state index in [9.17, 15) is 9.59 Å². The summed E-state index contributed by atoms with van der Waals surface area (Å²) < 4.78 is 5.23. The lowest BCUT2D eigenvalue weighted by atomic mass is 10.1. The van der Waals surface area contributed by atoms with Crippen molar-refractivity contribution in [2.75, 3.05) is 12.0 Å². The summed E-state index contributed by atoms with van der Waals surface area (Å²) >= 11 is 6.29. The third-order valence-electron chi connectivity index (χ3n) is 5.14. The number of H-pyrrole nitrogens is 1. The Morgan fingerprint density at radius 3 is 2.48 bits per heavy atom. The van der Waals surface area contributed by atoms with E-state index in [1.807, 2.05) is 31.2 Å². The molecule has 0 radical (unpaired) electrons. The molecule has 0 unspecified atom stereocenters. The predicted octanol–water partition coefficient (Wildman–Crippen LogP) is 5.35. The lowest BCUT2D eigenvalue weighted by Gasteiger charge is -2.23. The van der Waals surface area contributed by atoms with E-state index in [-0.39, 0.29) is 18.0 Å². The highest BCUT2D eigenvalue weighted by Gasteiger charge is 2.22. The van der Waals surface area contributed by atoms with Crippen molar-refractivity contribution in [1.82, 2.24) is 4.98 Å². The molecule has 1 amide bonds. The number of nitrogens with one attached hydrogen (secondary N) is 1. The molecule has 1 heterocycles. The van der Waals surface area contributed by atoms with Crippen LogP contribution < -0.4 is 15.2 Å². The number of halogens is 1. The van der Waals surface area contributed by atoms with Gasteiger partial charge in [0.05, 0.1) is 24.2 Å². The van der Waals surface area contributed by atoms with Crippen LogP contribution in [0, 0.1) is 6.92 Å². The number of hydrogen-bond donors (Lipinski definition) is 1. The van der Waals surface area contributed by atoms with Gasteiger partial charge < -0.3 is 14.6 Å². The average molecular weight is 433 g/mol. The average Bonchev–Trinajstić information content (AvgIpc) is 2.78. The fraction of sp³-hybridized carbons (Fsp3) is 0.120. The van der Waals surface area contributed by atoms with Crippen LogP contribution in [0.5, 0.6) is 5.75 Å². The highest BCUT2D eigenvalue weighted by molar-refractivity contribution is 6.34. The number of carbonyl (C=O) groups excluding carboxylic acids is 1. The van der Waals surface area contributed by atoms with Gasteiger partial charge in [-0.3, -0.25) is 9.59 Å². The van der Waals surface area contributed by atoms with Crippen LogP contribution >= 0.6 is 11.6 Å². The number of carbonyl (C=O) groups is 1. The number of pyridine rings is 1. The van der Waals surface area contributed by atoms with Crippen LogP contribution in [-0.4, -0.2) is 18.0 Å². The standard InChI is InChI=1S/C25H21ClN2O3/c1-16-7-12-23-17(13-16)14-18(24(29)27-23)15-28(19-8-10-20(31-2)11-9-19)25(30)21-5-3-4-6-22(21)26/h3-14H,15H2,1-2H3,(H,27,29). The number of amides is 1. The maximum absolute atomic E-state index is 13.5. The van der Waals surface area contributed by atoms with Gasteiger partial charge in [-0.1, -0.05) is 35.4 Å². The number of aromatic amines is 1. The van der Waals surface area contributed by atoms with Crippen molar-refractivity contribution in [1.29, 1.82) is 0 Å². The summed E-state index contributed by atoms with van der Waals surface area (Å²) in [6.07, 6.45) is 0. The zero-order chi connectivity index (χ0) is 22.0. The first-order valence-electron chi connectivity index (χ1n) is 9.79. The van der Waals surface area contributed by atoms with Gasteiger partial charge in [0.2, 0.25) is 0 Å². The molecule has 1 aromatic heterocycles. The van der Waals surface area contributed by atoms with E-state index in [4.69, 9.17) is 16.3 Å². The number of aryl methyl sites for hydroxylation is 1. The zero-order valence-corrected chi connectivity index (χ0v) is 17.9. The molecule has 0 aliphatic carbocycles. The molecule has 0 bridgehead atoms. The van der Waals surface area contributed by atoms with Crippen LogP contribution in [-0.2, 0) is 6.54 Å². The number of fused-ring (bicyclic) bond motifs is 1. The molecule has 4 rings (SSSR count). The van der Waals surface area contributed by atoms with E-state index in [0.29, 0.717) is 27.6 Å². The van der Waals surface area contributed by atoms with E-state index < -0.39 is 0 Å². The third kappa shape index (κ3) is 4.32.